The van der Waals surface area contributed by atoms with Crippen LogP contribution in [0.15, 0.2) is 30.3 Å². The van der Waals surface area contributed by atoms with E-state index in [0.29, 0.717) is 23.1 Å². The van der Waals surface area contributed by atoms with Crippen molar-refractivity contribution in [3.8, 4) is 23.2 Å². The number of methoxy groups -OCH3 is 1. The van der Waals surface area contributed by atoms with Gasteiger partial charge in [0.25, 0.3) is 0 Å². The van der Waals surface area contributed by atoms with Crippen LogP contribution in [0.3, 0.4) is 0 Å². The summed E-state index contributed by atoms with van der Waals surface area (Å²) in [5.74, 6) is 1.86. The molecule has 0 aliphatic heterocycles. The Hall–Kier alpha value is -2.61. The number of anilines is 1. The number of nitriles is 1. The van der Waals surface area contributed by atoms with Gasteiger partial charge in [0, 0.05) is 20.2 Å². The number of hydrogen-bond acceptors (Lipinski definition) is 5. The molecule has 2 aromatic rings. The lowest BCUT2D eigenvalue weighted by Gasteiger charge is -2.13. The van der Waals surface area contributed by atoms with Gasteiger partial charge in [0.2, 0.25) is 0 Å². The number of aromatic nitrogens is 2. The summed E-state index contributed by atoms with van der Waals surface area (Å²) in [6, 6.07) is 11.2. The van der Waals surface area contributed by atoms with E-state index in [2.05, 4.69) is 16.0 Å². The van der Waals surface area contributed by atoms with E-state index in [1.54, 1.807) is 13.2 Å². The largest absolute Gasteiger partial charge is 0.496 e. The second-order valence-corrected chi connectivity index (χ2v) is 4.14. The van der Waals surface area contributed by atoms with Gasteiger partial charge >= 0.3 is 0 Å². The van der Waals surface area contributed by atoms with Crippen LogP contribution in [-0.4, -0.2) is 31.2 Å². The molecule has 0 N–H and O–H groups in total. The van der Waals surface area contributed by atoms with Gasteiger partial charge in [0.1, 0.15) is 23.3 Å². The van der Waals surface area contributed by atoms with Crippen molar-refractivity contribution in [2.24, 2.45) is 0 Å². The maximum Gasteiger partial charge on any atom is 0.166 e. The molecule has 0 saturated carbocycles. The number of benzene rings is 1. The van der Waals surface area contributed by atoms with Crippen LogP contribution in [0.25, 0.3) is 11.4 Å². The van der Waals surface area contributed by atoms with Gasteiger partial charge in [-0.25, -0.2) is 9.97 Å². The second-order valence-electron chi connectivity index (χ2n) is 4.14. The predicted octanol–water partition coefficient (Wildman–Crippen LogP) is 2.09. The molecule has 0 fully saturated rings. The molecule has 1 aromatic heterocycles. The molecule has 0 amide bonds. The zero-order valence-electron chi connectivity index (χ0n) is 11.1. The monoisotopic (exact) mass is 254 g/mol. The lowest BCUT2D eigenvalue weighted by Crippen LogP contribution is -2.12. The van der Waals surface area contributed by atoms with Crippen LogP contribution in [0.4, 0.5) is 5.82 Å². The highest BCUT2D eigenvalue weighted by Crippen LogP contribution is 2.28. The van der Waals surface area contributed by atoms with Crippen molar-refractivity contribution in [2.75, 3.05) is 26.1 Å². The second kappa shape index (κ2) is 5.36. The van der Waals surface area contributed by atoms with E-state index in [1.807, 2.05) is 43.3 Å². The standard InChI is InChI=1S/C14H14N4O/c1-18(2)13-8-10(9-15)16-14(17-13)11-6-4-5-7-12(11)19-3/h4-8H,1-3H3. The first-order valence-corrected chi connectivity index (χ1v) is 5.75. The Kier molecular flexibility index (Phi) is 3.62. The lowest BCUT2D eigenvalue weighted by atomic mass is 10.2. The molecule has 2 rings (SSSR count). The molecule has 1 aromatic carbocycles. The van der Waals surface area contributed by atoms with Crippen LogP contribution in [0.1, 0.15) is 5.69 Å². The summed E-state index contributed by atoms with van der Waals surface area (Å²) in [7, 11) is 5.34. The summed E-state index contributed by atoms with van der Waals surface area (Å²) in [5.41, 5.74) is 1.10. The van der Waals surface area contributed by atoms with Gasteiger partial charge in [-0.05, 0) is 12.1 Å². The Morgan fingerprint density at radius 1 is 1.21 bits per heavy atom. The average Bonchev–Trinajstić information content (AvgIpc) is 2.46. The number of rotatable bonds is 3. The maximum absolute atomic E-state index is 9.05. The average molecular weight is 254 g/mol. The fourth-order valence-corrected chi connectivity index (χ4v) is 1.67. The molecule has 96 valence electrons. The van der Waals surface area contributed by atoms with Gasteiger partial charge in [-0.15, -0.1) is 0 Å². The Bertz CT molecular complexity index is 632. The minimum atomic E-state index is 0.333. The molecule has 19 heavy (non-hydrogen) atoms. The van der Waals surface area contributed by atoms with Crippen molar-refractivity contribution in [1.29, 1.82) is 5.26 Å². The zero-order chi connectivity index (χ0) is 13.8. The first-order chi connectivity index (χ1) is 9.15. The number of nitrogens with zero attached hydrogens (tertiary/aromatic N) is 4. The summed E-state index contributed by atoms with van der Waals surface area (Å²) in [6.45, 7) is 0. The highest BCUT2D eigenvalue weighted by molar-refractivity contribution is 5.66. The molecular formula is C14H14N4O. The van der Waals surface area contributed by atoms with Crippen LogP contribution >= 0.6 is 0 Å². The normalized spacial score (nSPS) is 9.79. The molecule has 0 atom stereocenters. The Morgan fingerprint density at radius 3 is 2.58 bits per heavy atom. The Labute approximate surface area is 112 Å². The fraction of sp³-hybridized carbons (Fsp3) is 0.214. The highest BCUT2D eigenvalue weighted by atomic mass is 16.5. The van der Waals surface area contributed by atoms with Crippen molar-refractivity contribution in [3.63, 3.8) is 0 Å². The first-order valence-electron chi connectivity index (χ1n) is 5.75. The summed E-state index contributed by atoms with van der Waals surface area (Å²) >= 11 is 0. The molecule has 0 unspecified atom stereocenters. The van der Waals surface area contributed by atoms with Crippen LogP contribution in [-0.2, 0) is 0 Å². The third kappa shape index (κ3) is 2.63. The van der Waals surface area contributed by atoms with Crippen LogP contribution in [0.5, 0.6) is 5.75 Å². The number of ether oxygens (including phenoxy) is 1. The van der Waals surface area contributed by atoms with Crippen molar-refractivity contribution in [3.05, 3.63) is 36.0 Å². The molecule has 0 bridgehead atoms. The van der Waals surface area contributed by atoms with Crippen molar-refractivity contribution >= 4 is 5.82 Å². The number of hydrogen-bond donors (Lipinski definition) is 0. The van der Waals surface area contributed by atoms with Crippen molar-refractivity contribution < 1.29 is 4.74 Å². The molecule has 0 aliphatic carbocycles. The van der Waals surface area contributed by atoms with E-state index in [4.69, 9.17) is 10.00 Å². The third-order valence-electron chi connectivity index (χ3n) is 2.63. The van der Waals surface area contributed by atoms with Gasteiger partial charge in [-0.3, -0.25) is 0 Å². The molecule has 5 nitrogen and oxygen atoms in total. The smallest absolute Gasteiger partial charge is 0.166 e. The van der Waals surface area contributed by atoms with E-state index >= 15 is 0 Å². The van der Waals surface area contributed by atoms with Crippen molar-refractivity contribution in [1.82, 2.24) is 9.97 Å². The van der Waals surface area contributed by atoms with Gasteiger partial charge in [0.05, 0.1) is 12.7 Å². The van der Waals surface area contributed by atoms with Gasteiger partial charge in [-0.1, -0.05) is 12.1 Å². The minimum Gasteiger partial charge on any atom is -0.496 e. The SMILES string of the molecule is COc1ccccc1-c1nc(C#N)cc(N(C)C)n1. The Morgan fingerprint density at radius 2 is 1.95 bits per heavy atom. The summed E-state index contributed by atoms with van der Waals surface area (Å²) in [4.78, 5) is 10.5. The predicted molar refractivity (Wildman–Crippen MR) is 73.1 cm³/mol. The van der Waals surface area contributed by atoms with E-state index in [-0.39, 0.29) is 0 Å². The molecule has 1 heterocycles. The molecule has 0 saturated heterocycles. The van der Waals surface area contributed by atoms with E-state index in [9.17, 15) is 0 Å². The quantitative estimate of drug-likeness (QED) is 0.839. The van der Waals surface area contributed by atoms with Gasteiger partial charge < -0.3 is 9.64 Å². The number of para-hydroxylation sites is 1. The third-order valence-corrected chi connectivity index (χ3v) is 2.63. The van der Waals surface area contributed by atoms with E-state index < -0.39 is 0 Å². The van der Waals surface area contributed by atoms with E-state index in [1.165, 1.54) is 0 Å². The van der Waals surface area contributed by atoms with Gasteiger partial charge in [-0.2, -0.15) is 5.26 Å². The van der Waals surface area contributed by atoms with Gasteiger partial charge in [0.15, 0.2) is 5.82 Å². The minimum absolute atomic E-state index is 0.333. The molecule has 0 spiro atoms. The molecule has 0 radical (unpaired) electrons. The lowest BCUT2D eigenvalue weighted by molar-refractivity contribution is 0.416. The zero-order valence-corrected chi connectivity index (χ0v) is 11.1. The first kappa shape index (κ1) is 12.8. The fourth-order valence-electron chi connectivity index (χ4n) is 1.67. The maximum atomic E-state index is 9.05. The molecule has 0 aliphatic rings. The molecular weight excluding hydrogens is 240 g/mol. The van der Waals surface area contributed by atoms with Crippen LogP contribution < -0.4 is 9.64 Å². The summed E-state index contributed by atoms with van der Waals surface area (Å²) < 4.78 is 5.30. The Balaban J connectivity index is 2.62. The topological polar surface area (TPSA) is 62.0 Å². The van der Waals surface area contributed by atoms with Crippen LogP contribution in [0, 0.1) is 11.3 Å². The van der Waals surface area contributed by atoms with Crippen LogP contribution in [0.2, 0.25) is 0 Å². The summed E-state index contributed by atoms with van der Waals surface area (Å²) in [5, 5.41) is 9.05. The van der Waals surface area contributed by atoms with Crippen molar-refractivity contribution in [2.45, 2.75) is 0 Å². The van der Waals surface area contributed by atoms with E-state index in [0.717, 1.165) is 5.56 Å². The summed E-state index contributed by atoms with van der Waals surface area (Å²) in [6.07, 6.45) is 0. The highest BCUT2D eigenvalue weighted by Gasteiger charge is 2.11. The molecule has 5 heteroatoms.